The number of amides is 1. The lowest BCUT2D eigenvalue weighted by atomic mass is 10.1. The average Bonchev–Trinajstić information content (AvgIpc) is 2.49. The van der Waals surface area contributed by atoms with Crippen LogP contribution in [-0.2, 0) is 4.79 Å². The molecule has 0 aromatic heterocycles. The lowest BCUT2D eigenvalue weighted by molar-refractivity contribution is -0.134. The number of nitrogens with zero attached hydrogens (tertiary/aromatic N) is 1. The van der Waals surface area contributed by atoms with Crippen molar-refractivity contribution >= 4 is 17.5 Å². The van der Waals surface area contributed by atoms with Crippen molar-refractivity contribution in [3.63, 3.8) is 0 Å². The van der Waals surface area contributed by atoms with E-state index in [1.54, 1.807) is 17.0 Å². The Hall–Kier alpha value is -1.26. The Kier molecular flexibility index (Phi) is 8.16. The standard InChI is InChI=1S/C16H24ClNO3/c1-3-13(4-2)18(10-11-19)16(20)9-12-21-15-8-6-5-7-14(15)17/h5-8,13,19H,3-4,9-12H2,1-2H3. The van der Waals surface area contributed by atoms with Gasteiger partial charge in [-0.1, -0.05) is 37.6 Å². The van der Waals surface area contributed by atoms with Crippen molar-refractivity contribution in [2.75, 3.05) is 19.8 Å². The van der Waals surface area contributed by atoms with E-state index in [1.165, 1.54) is 0 Å². The summed E-state index contributed by atoms with van der Waals surface area (Å²) in [6, 6.07) is 7.37. The Bertz CT molecular complexity index is 435. The summed E-state index contributed by atoms with van der Waals surface area (Å²) in [5.74, 6) is 0.591. The molecule has 0 unspecified atom stereocenters. The van der Waals surface area contributed by atoms with Crippen molar-refractivity contribution in [3.05, 3.63) is 29.3 Å². The number of para-hydroxylation sites is 1. The van der Waals surface area contributed by atoms with Gasteiger partial charge in [0.25, 0.3) is 0 Å². The van der Waals surface area contributed by atoms with Crippen LogP contribution in [0.1, 0.15) is 33.1 Å². The molecule has 1 rings (SSSR count). The molecule has 0 atom stereocenters. The highest BCUT2D eigenvalue weighted by Gasteiger charge is 2.20. The third kappa shape index (κ3) is 5.56. The Morgan fingerprint density at radius 2 is 2.00 bits per heavy atom. The molecule has 0 spiro atoms. The number of hydrogen-bond acceptors (Lipinski definition) is 3. The molecule has 0 radical (unpaired) electrons. The molecule has 21 heavy (non-hydrogen) atoms. The molecule has 5 heteroatoms. The van der Waals surface area contributed by atoms with E-state index in [4.69, 9.17) is 21.4 Å². The third-order valence-electron chi connectivity index (χ3n) is 3.45. The second-order valence-electron chi connectivity index (χ2n) is 4.81. The first-order valence-corrected chi connectivity index (χ1v) is 7.79. The molecule has 0 aliphatic carbocycles. The highest BCUT2D eigenvalue weighted by molar-refractivity contribution is 6.32. The highest BCUT2D eigenvalue weighted by atomic mass is 35.5. The van der Waals surface area contributed by atoms with E-state index in [0.717, 1.165) is 12.8 Å². The van der Waals surface area contributed by atoms with Crippen LogP contribution >= 0.6 is 11.6 Å². The number of halogens is 1. The monoisotopic (exact) mass is 313 g/mol. The predicted octanol–water partition coefficient (Wildman–Crippen LogP) is 3.12. The summed E-state index contributed by atoms with van der Waals surface area (Å²) < 4.78 is 5.54. The van der Waals surface area contributed by atoms with Crippen molar-refractivity contribution in [1.82, 2.24) is 4.90 Å². The van der Waals surface area contributed by atoms with Gasteiger partial charge in [0.05, 0.1) is 24.7 Å². The van der Waals surface area contributed by atoms with Gasteiger partial charge in [0.2, 0.25) is 5.91 Å². The molecule has 0 aliphatic heterocycles. The van der Waals surface area contributed by atoms with Gasteiger partial charge >= 0.3 is 0 Å². The van der Waals surface area contributed by atoms with Crippen LogP contribution in [0.25, 0.3) is 0 Å². The number of aliphatic hydroxyl groups is 1. The van der Waals surface area contributed by atoms with Crippen LogP contribution < -0.4 is 4.74 Å². The summed E-state index contributed by atoms with van der Waals surface area (Å²) in [6.45, 7) is 4.73. The molecule has 0 heterocycles. The summed E-state index contributed by atoms with van der Waals surface area (Å²) >= 11 is 5.99. The van der Waals surface area contributed by atoms with Crippen molar-refractivity contribution < 1.29 is 14.6 Å². The van der Waals surface area contributed by atoms with E-state index in [1.807, 2.05) is 26.0 Å². The van der Waals surface area contributed by atoms with Gasteiger partial charge in [-0.3, -0.25) is 4.79 Å². The largest absolute Gasteiger partial charge is 0.491 e. The van der Waals surface area contributed by atoms with E-state index in [-0.39, 0.29) is 31.6 Å². The zero-order chi connectivity index (χ0) is 15.7. The number of benzene rings is 1. The molecule has 1 N–H and O–H groups in total. The van der Waals surface area contributed by atoms with Crippen LogP contribution in [0.15, 0.2) is 24.3 Å². The Balaban J connectivity index is 2.52. The molecular weight excluding hydrogens is 290 g/mol. The van der Waals surface area contributed by atoms with Crippen molar-refractivity contribution in [2.45, 2.75) is 39.2 Å². The molecule has 1 amide bonds. The van der Waals surface area contributed by atoms with Crippen LogP contribution in [0.2, 0.25) is 5.02 Å². The number of carbonyl (C=O) groups is 1. The van der Waals surface area contributed by atoms with Crippen molar-refractivity contribution in [2.24, 2.45) is 0 Å². The molecular formula is C16H24ClNO3. The summed E-state index contributed by atoms with van der Waals surface area (Å²) in [4.78, 5) is 14.0. The molecule has 0 aliphatic rings. The van der Waals surface area contributed by atoms with Crippen LogP contribution in [0.5, 0.6) is 5.75 Å². The minimum atomic E-state index is -0.0202. The fraction of sp³-hybridized carbons (Fsp3) is 0.562. The first-order chi connectivity index (χ1) is 10.1. The zero-order valence-corrected chi connectivity index (χ0v) is 13.5. The van der Waals surface area contributed by atoms with Crippen molar-refractivity contribution in [3.8, 4) is 5.75 Å². The summed E-state index contributed by atoms with van der Waals surface area (Å²) in [6.07, 6.45) is 2.04. The van der Waals surface area contributed by atoms with E-state index in [2.05, 4.69) is 0 Å². The quantitative estimate of drug-likeness (QED) is 0.762. The van der Waals surface area contributed by atoms with Gasteiger partial charge in [-0.05, 0) is 25.0 Å². The normalized spacial score (nSPS) is 10.7. The average molecular weight is 314 g/mol. The Morgan fingerprint density at radius 1 is 1.33 bits per heavy atom. The van der Waals surface area contributed by atoms with Gasteiger partial charge in [0, 0.05) is 12.6 Å². The van der Waals surface area contributed by atoms with Gasteiger partial charge in [0.1, 0.15) is 5.75 Å². The number of ether oxygens (including phenoxy) is 1. The maximum Gasteiger partial charge on any atom is 0.226 e. The van der Waals surface area contributed by atoms with Crippen LogP contribution in [0.4, 0.5) is 0 Å². The second-order valence-corrected chi connectivity index (χ2v) is 5.22. The molecule has 0 saturated heterocycles. The first-order valence-electron chi connectivity index (χ1n) is 7.41. The fourth-order valence-corrected chi connectivity index (χ4v) is 2.49. The van der Waals surface area contributed by atoms with E-state index in [0.29, 0.717) is 17.3 Å². The third-order valence-corrected chi connectivity index (χ3v) is 3.77. The van der Waals surface area contributed by atoms with Gasteiger partial charge < -0.3 is 14.7 Å². The van der Waals surface area contributed by atoms with Crippen LogP contribution in [0.3, 0.4) is 0 Å². The Morgan fingerprint density at radius 3 is 2.57 bits per heavy atom. The lowest BCUT2D eigenvalue weighted by Gasteiger charge is -2.30. The molecule has 0 bridgehead atoms. The molecule has 4 nitrogen and oxygen atoms in total. The summed E-state index contributed by atoms with van der Waals surface area (Å²) in [5.41, 5.74) is 0. The first kappa shape index (κ1) is 17.8. The number of rotatable bonds is 9. The van der Waals surface area contributed by atoms with Gasteiger partial charge in [-0.2, -0.15) is 0 Å². The minimum Gasteiger partial charge on any atom is -0.491 e. The maximum atomic E-state index is 12.3. The van der Waals surface area contributed by atoms with Crippen molar-refractivity contribution in [1.29, 1.82) is 0 Å². The molecule has 1 aromatic rings. The van der Waals surface area contributed by atoms with Crippen LogP contribution in [-0.4, -0.2) is 41.7 Å². The zero-order valence-electron chi connectivity index (χ0n) is 12.7. The summed E-state index contributed by atoms with van der Waals surface area (Å²) in [5, 5.41) is 9.66. The molecule has 0 fully saturated rings. The molecule has 1 aromatic carbocycles. The van der Waals surface area contributed by atoms with E-state index < -0.39 is 0 Å². The molecule has 118 valence electrons. The Labute approximate surface area is 131 Å². The topological polar surface area (TPSA) is 49.8 Å². The van der Waals surface area contributed by atoms with E-state index in [9.17, 15) is 4.79 Å². The van der Waals surface area contributed by atoms with E-state index >= 15 is 0 Å². The van der Waals surface area contributed by atoms with Gasteiger partial charge in [0.15, 0.2) is 0 Å². The van der Waals surface area contributed by atoms with Gasteiger partial charge in [-0.15, -0.1) is 0 Å². The fourth-order valence-electron chi connectivity index (χ4n) is 2.30. The number of aliphatic hydroxyl groups excluding tert-OH is 1. The highest BCUT2D eigenvalue weighted by Crippen LogP contribution is 2.23. The number of hydrogen-bond donors (Lipinski definition) is 1. The number of carbonyl (C=O) groups excluding carboxylic acids is 1. The minimum absolute atomic E-state index is 0.00445. The smallest absolute Gasteiger partial charge is 0.226 e. The van der Waals surface area contributed by atoms with Crippen LogP contribution in [0, 0.1) is 0 Å². The second kappa shape index (κ2) is 9.64. The predicted molar refractivity (Wildman–Crippen MR) is 84.7 cm³/mol. The summed E-state index contributed by atoms with van der Waals surface area (Å²) in [7, 11) is 0. The lowest BCUT2D eigenvalue weighted by Crippen LogP contribution is -2.42. The molecule has 0 saturated carbocycles. The van der Waals surface area contributed by atoms with Gasteiger partial charge in [-0.25, -0.2) is 0 Å². The SMILES string of the molecule is CCC(CC)N(CCO)C(=O)CCOc1ccccc1Cl. The maximum absolute atomic E-state index is 12.3.